The minimum Gasteiger partial charge on any atom is -0.480 e. The van der Waals surface area contributed by atoms with Gasteiger partial charge in [0.2, 0.25) is 5.95 Å². The van der Waals surface area contributed by atoms with Crippen molar-refractivity contribution in [1.82, 2.24) is 15.3 Å². The number of rotatable bonds is 9. The molecule has 5 aromatic rings. The number of amides is 1. The second-order valence-corrected chi connectivity index (χ2v) is 9.77. The van der Waals surface area contributed by atoms with E-state index in [9.17, 15) is 14.7 Å². The summed E-state index contributed by atoms with van der Waals surface area (Å²) in [5.41, 5.74) is 7.55. The van der Waals surface area contributed by atoms with E-state index in [1.165, 1.54) is 0 Å². The Bertz CT molecular complexity index is 1600. The fraction of sp³-hybridized carbons (Fsp3) is 0.194. The molecule has 0 bridgehead atoms. The molecule has 0 fully saturated rings. The van der Waals surface area contributed by atoms with Crippen LogP contribution in [0.4, 0.5) is 5.95 Å². The highest BCUT2D eigenvalue weighted by atomic mass is 16.4. The molecule has 0 saturated heterocycles. The molecule has 2 heterocycles. The number of hydrogen-bond donors (Lipinski definition) is 4. The number of para-hydroxylation sites is 2. The van der Waals surface area contributed by atoms with Crippen molar-refractivity contribution in [2.45, 2.75) is 39.8 Å². The number of anilines is 1. The first-order valence-electron chi connectivity index (χ1n) is 12.7. The molecule has 0 spiro atoms. The van der Waals surface area contributed by atoms with Crippen LogP contribution in [0.2, 0.25) is 0 Å². The number of aliphatic carboxylic acids is 1. The molecule has 1 amide bonds. The zero-order valence-electron chi connectivity index (χ0n) is 22.0. The van der Waals surface area contributed by atoms with Crippen LogP contribution in [0.5, 0.6) is 0 Å². The molecule has 5 rings (SSSR count). The van der Waals surface area contributed by atoms with Crippen LogP contribution in [-0.4, -0.2) is 33.0 Å². The van der Waals surface area contributed by atoms with Crippen LogP contribution in [-0.2, 0) is 17.8 Å². The standard InChI is InChI=1S/C31H30N4O4/c1-18-13-19(2)28(20(3)14-18)29(36)33-26(30(37)38)16-21-10-11-23(27-9-6-12-39-27)22(15-21)17-32-31-34-24-7-4-5-8-25(24)35-31/h4-15,26H,16-17H2,1-3H3,(H,33,36)(H,37,38)(H2,32,34,35). The number of furan rings is 1. The van der Waals surface area contributed by atoms with E-state index in [0.29, 0.717) is 23.8 Å². The van der Waals surface area contributed by atoms with Gasteiger partial charge in [-0.05, 0) is 67.3 Å². The Morgan fingerprint density at radius 3 is 2.46 bits per heavy atom. The van der Waals surface area contributed by atoms with Crippen molar-refractivity contribution in [2.24, 2.45) is 0 Å². The van der Waals surface area contributed by atoms with Gasteiger partial charge in [0.15, 0.2) is 0 Å². The topological polar surface area (TPSA) is 120 Å². The van der Waals surface area contributed by atoms with E-state index >= 15 is 0 Å². The number of aryl methyl sites for hydroxylation is 3. The largest absolute Gasteiger partial charge is 0.480 e. The zero-order valence-corrected chi connectivity index (χ0v) is 22.0. The number of nitrogens with one attached hydrogen (secondary N) is 3. The second-order valence-electron chi connectivity index (χ2n) is 9.77. The van der Waals surface area contributed by atoms with Gasteiger partial charge in [-0.15, -0.1) is 0 Å². The van der Waals surface area contributed by atoms with Crippen molar-refractivity contribution in [3.8, 4) is 11.3 Å². The maximum Gasteiger partial charge on any atom is 0.326 e. The molecular formula is C31H30N4O4. The number of carboxylic acids is 1. The highest BCUT2D eigenvalue weighted by molar-refractivity contribution is 5.99. The van der Waals surface area contributed by atoms with Crippen molar-refractivity contribution in [2.75, 3.05) is 5.32 Å². The van der Waals surface area contributed by atoms with Gasteiger partial charge in [-0.25, -0.2) is 9.78 Å². The van der Waals surface area contributed by atoms with Crippen LogP contribution in [0.1, 0.15) is 38.2 Å². The molecule has 1 atom stereocenters. The molecule has 8 nitrogen and oxygen atoms in total. The van der Waals surface area contributed by atoms with Gasteiger partial charge in [-0.3, -0.25) is 4.79 Å². The number of aromatic amines is 1. The molecule has 3 aromatic carbocycles. The van der Waals surface area contributed by atoms with E-state index in [4.69, 9.17) is 4.42 Å². The average Bonchev–Trinajstić information content (AvgIpc) is 3.56. The van der Waals surface area contributed by atoms with E-state index in [1.54, 1.807) is 6.26 Å². The number of carboxylic acid groups (broad SMARTS) is 1. The minimum absolute atomic E-state index is 0.126. The lowest BCUT2D eigenvalue weighted by Gasteiger charge is -2.18. The highest BCUT2D eigenvalue weighted by Gasteiger charge is 2.24. The number of carbonyl (C=O) groups excluding carboxylic acids is 1. The van der Waals surface area contributed by atoms with Crippen molar-refractivity contribution in [1.29, 1.82) is 0 Å². The molecule has 0 aliphatic carbocycles. The predicted molar refractivity (Wildman–Crippen MR) is 151 cm³/mol. The minimum atomic E-state index is -1.09. The number of hydrogen-bond acceptors (Lipinski definition) is 5. The van der Waals surface area contributed by atoms with Gasteiger partial charge in [-0.2, -0.15) is 0 Å². The first-order chi connectivity index (χ1) is 18.8. The Morgan fingerprint density at radius 1 is 1.00 bits per heavy atom. The summed E-state index contributed by atoms with van der Waals surface area (Å²) in [6.07, 6.45) is 1.74. The number of nitrogens with zero attached hydrogens (tertiary/aromatic N) is 1. The van der Waals surface area contributed by atoms with Crippen LogP contribution in [0, 0.1) is 20.8 Å². The van der Waals surface area contributed by atoms with Gasteiger partial charge < -0.3 is 25.1 Å². The number of H-pyrrole nitrogens is 1. The Morgan fingerprint density at radius 2 is 1.77 bits per heavy atom. The maximum atomic E-state index is 13.1. The quantitative estimate of drug-likeness (QED) is 0.195. The van der Waals surface area contributed by atoms with Gasteiger partial charge in [-0.1, -0.05) is 48.0 Å². The smallest absolute Gasteiger partial charge is 0.326 e. The summed E-state index contributed by atoms with van der Waals surface area (Å²) in [4.78, 5) is 33.1. The molecule has 1 unspecified atom stereocenters. The zero-order chi connectivity index (χ0) is 27.5. The lowest BCUT2D eigenvalue weighted by atomic mass is 9.96. The molecule has 4 N–H and O–H groups in total. The molecule has 8 heteroatoms. The van der Waals surface area contributed by atoms with Gasteiger partial charge in [0, 0.05) is 24.1 Å². The normalized spacial score (nSPS) is 11.9. The Balaban J connectivity index is 1.39. The van der Waals surface area contributed by atoms with Crippen LogP contribution in [0.25, 0.3) is 22.4 Å². The summed E-state index contributed by atoms with van der Waals surface area (Å²) >= 11 is 0. The average molecular weight is 523 g/mol. The third-order valence-electron chi connectivity index (χ3n) is 6.74. The SMILES string of the molecule is Cc1cc(C)c(C(=O)NC(Cc2ccc(-c3ccco3)c(CNc3nc4ccccc4[nH]3)c2)C(=O)O)c(C)c1. The van der Waals surface area contributed by atoms with E-state index in [1.807, 2.05) is 87.5 Å². The summed E-state index contributed by atoms with van der Waals surface area (Å²) in [5, 5.41) is 16.0. The van der Waals surface area contributed by atoms with Crippen LogP contribution < -0.4 is 10.6 Å². The van der Waals surface area contributed by atoms with Crippen molar-refractivity contribution < 1.29 is 19.1 Å². The van der Waals surface area contributed by atoms with Crippen molar-refractivity contribution >= 4 is 28.9 Å². The Hall–Kier alpha value is -4.85. The number of benzene rings is 3. The van der Waals surface area contributed by atoms with E-state index < -0.39 is 17.9 Å². The van der Waals surface area contributed by atoms with Gasteiger partial charge in [0.05, 0.1) is 17.3 Å². The fourth-order valence-corrected chi connectivity index (χ4v) is 5.01. The highest BCUT2D eigenvalue weighted by Crippen LogP contribution is 2.27. The molecule has 2 aromatic heterocycles. The molecule has 0 aliphatic heterocycles. The third kappa shape index (κ3) is 5.70. The molecule has 39 heavy (non-hydrogen) atoms. The number of imidazole rings is 1. The van der Waals surface area contributed by atoms with Crippen molar-refractivity contribution in [3.63, 3.8) is 0 Å². The molecule has 198 valence electrons. The van der Waals surface area contributed by atoms with Crippen LogP contribution in [0.15, 0.2) is 77.4 Å². The first-order valence-corrected chi connectivity index (χ1v) is 12.7. The Kier molecular flexibility index (Phi) is 7.19. The summed E-state index contributed by atoms with van der Waals surface area (Å²) in [6, 6.07) is 20.0. The predicted octanol–water partition coefficient (Wildman–Crippen LogP) is 5.79. The van der Waals surface area contributed by atoms with E-state index in [-0.39, 0.29) is 6.42 Å². The number of fused-ring (bicyclic) bond motifs is 1. The van der Waals surface area contributed by atoms with E-state index in [0.717, 1.165) is 44.4 Å². The third-order valence-corrected chi connectivity index (χ3v) is 6.74. The molecule has 0 radical (unpaired) electrons. The molecule has 0 aliphatic rings. The van der Waals surface area contributed by atoms with Gasteiger partial charge in [0.1, 0.15) is 11.8 Å². The summed E-state index contributed by atoms with van der Waals surface area (Å²) in [5.74, 6) is -0.151. The fourth-order valence-electron chi connectivity index (χ4n) is 5.01. The first kappa shape index (κ1) is 25.8. The second kappa shape index (κ2) is 10.9. The lowest BCUT2D eigenvalue weighted by molar-refractivity contribution is -0.139. The van der Waals surface area contributed by atoms with Crippen molar-refractivity contribution in [3.05, 3.63) is 106 Å². The monoisotopic (exact) mass is 522 g/mol. The van der Waals surface area contributed by atoms with Crippen LogP contribution in [0.3, 0.4) is 0 Å². The van der Waals surface area contributed by atoms with Gasteiger partial charge in [0.25, 0.3) is 5.91 Å². The summed E-state index contributed by atoms with van der Waals surface area (Å²) < 4.78 is 5.65. The summed E-state index contributed by atoms with van der Waals surface area (Å²) in [6.45, 7) is 6.11. The maximum absolute atomic E-state index is 13.1. The Labute approximate surface area is 226 Å². The summed E-state index contributed by atoms with van der Waals surface area (Å²) in [7, 11) is 0. The molecular weight excluding hydrogens is 492 g/mol. The number of carbonyl (C=O) groups is 2. The van der Waals surface area contributed by atoms with E-state index in [2.05, 4.69) is 20.6 Å². The van der Waals surface area contributed by atoms with Crippen LogP contribution >= 0.6 is 0 Å². The van der Waals surface area contributed by atoms with Gasteiger partial charge >= 0.3 is 5.97 Å². The number of aromatic nitrogens is 2. The molecule has 0 saturated carbocycles. The lowest BCUT2D eigenvalue weighted by Crippen LogP contribution is -2.42.